The molecule has 4 atom stereocenters. The highest BCUT2D eigenvalue weighted by atomic mass is 32.2. The number of aromatic nitrogens is 1. The predicted molar refractivity (Wildman–Crippen MR) is 137 cm³/mol. The van der Waals surface area contributed by atoms with E-state index in [1.807, 2.05) is 0 Å². The Labute approximate surface area is 223 Å². The molecular weight excluding hydrogens is 538 g/mol. The molecule has 39 heavy (non-hydrogen) atoms. The standard InChI is InChI=1S/C27H27F4N3O4S/c1-37-14-38-24-6-7-32-27(26(24)31)34-22-12-17(22)10-21(33-39(2,35)36)23(34)11-15-4-3-5-20(25(15)30)16-8-18(28)13-19(29)9-16/h3-9,13,17,21-23,33H,10-12,14H2,1-2H3. The fourth-order valence-corrected chi connectivity index (χ4v) is 6.23. The maximum atomic E-state index is 15.8. The normalized spacial score (nSPS) is 22.5. The van der Waals surface area contributed by atoms with Gasteiger partial charge in [-0.05, 0) is 48.4 Å². The van der Waals surface area contributed by atoms with Crippen molar-refractivity contribution in [3.63, 3.8) is 0 Å². The number of methoxy groups -OCH3 is 1. The minimum Gasteiger partial charge on any atom is -0.464 e. The summed E-state index contributed by atoms with van der Waals surface area (Å²) in [6.07, 6.45) is 3.55. The van der Waals surface area contributed by atoms with E-state index < -0.39 is 45.4 Å². The van der Waals surface area contributed by atoms with Gasteiger partial charge in [0.05, 0.1) is 12.3 Å². The number of nitrogens with one attached hydrogen (secondary N) is 1. The van der Waals surface area contributed by atoms with Gasteiger partial charge in [0.15, 0.2) is 18.4 Å². The second kappa shape index (κ2) is 10.7. The van der Waals surface area contributed by atoms with Crippen molar-refractivity contribution in [2.24, 2.45) is 5.92 Å². The van der Waals surface area contributed by atoms with E-state index in [9.17, 15) is 17.2 Å². The summed E-state index contributed by atoms with van der Waals surface area (Å²) in [5, 5.41) is 0. The molecule has 1 aliphatic carbocycles. The number of piperidine rings is 1. The van der Waals surface area contributed by atoms with Crippen LogP contribution in [0.15, 0.2) is 48.7 Å². The molecule has 1 aliphatic heterocycles. The second-order valence-electron chi connectivity index (χ2n) is 9.91. The first-order valence-electron chi connectivity index (χ1n) is 12.3. The molecule has 2 fully saturated rings. The van der Waals surface area contributed by atoms with Crippen molar-refractivity contribution in [1.29, 1.82) is 0 Å². The Kier molecular flexibility index (Phi) is 7.53. The van der Waals surface area contributed by atoms with Crippen LogP contribution >= 0.6 is 0 Å². The molecule has 1 saturated heterocycles. The Morgan fingerprint density at radius 2 is 1.79 bits per heavy atom. The van der Waals surface area contributed by atoms with E-state index in [2.05, 4.69) is 9.71 Å². The third-order valence-electron chi connectivity index (χ3n) is 7.08. The van der Waals surface area contributed by atoms with Crippen LogP contribution in [0.4, 0.5) is 23.4 Å². The van der Waals surface area contributed by atoms with Gasteiger partial charge in [0.25, 0.3) is 0 Å². The molecule has 1 saturated carbocycles. The third-order valence-corrected chi connectivity index (χ3v) is 7.81. The van der Waals surface area contributed by atoms with Gasteiger partial charge in [-0.15, -0.1) is 0 Å². The van der Waals surface area contributed by atoms with Gasteiger partial charge in [-0.2, -0.15) is 4.39 Å². The molecule has 208 valence electrons. The number of hydrogen-bond donors (Lipinski definition) is 1. The number of rotatable bonds is 9. The van der Waals surface area contributed by atoms with E-state index >= 15 is 8.78 Å². The van der Waals surface area contributed by atoms with Crippen molar-refractivity contribution in [1.82, 2.24) is 9.71 Å². The summed E-state index contributed by atoms with van der Waals surface area (Å²) in [6.45, 7) is -0.188. The van der Waals surface area contributed by atoms with Gasteiger partial charge < -0.3 is 14.4 Å². The third kappa shape index (κ3) is 5.87. The van der Waals surface area contributed by atoms with E-state index in [-0.39, 0.29) is 53.4 Å². The van der Waals surface area contributed by atoms with Gasteiger partial charge >= 0.3 is 0 Å². The molecule has 2 aromatic carbocycles. The van der Waals surface area contributed by atoms with Crippen LogP contribution in [0.2, 0.25) is 0 Å². The monoisotopic (exact) mass is 565 g/mol. The van der Waals surface area contributed by atoms with Crippen molar-refractivity contribution in [2.45, 2.75) is 37.4 Å². The summed E-state index contributed by atoms with van der Waals surface area (Å²) in [4.78, 5) is 5.96. The molecule has 0 spiro atoms. The molecule has 2 heterocycles. The second-order valence-corrected chi connectivity index (χ2v) is 11.7. The van der Waals surface area contributed by atoms with Crippen LogP contribution in [0.5, 0.6) is 5.75 Å². The summed E-state index contributed by atoms with van der Waals surface area (Å²) >= 11 is 0. The average molecular weight is 566 g/mol. The van der Waals surface area contributed by atoms with Gasteiger partial charge in [-0.1, -0.05) is 18.2 Å². The summed E-state index contributed by atoms with van der Waals surface area (Å²) in [6, 6.07) is 7.08. The van der Waals surface area contributed by atoms with Crippen molar-refractivity contribution in [2.75, 3.05) is 25.1 Å². The van der Waals surface area contributed by atoms with Crippen molar-refractivity contribution in [3.8, 4) is 16.9 Å². The number of sulfonamides is 1. The van der Waals surface area contributed by atoms with Crippen LogP contribution in [0.25, 0.3) is 11.1 Å². The van der Waals surface area contributed by atoms with E-state index in [0.717, 1.165) is 18.4 Å². The minimum absolute atomic E-state index is 0.00977. The highest BCUT2D eigenvalue weighted by Gasteiger charge is 2.53. The molecule has 1 N–H and O–H groups in total. The van der Waals surface area contributed by atoms with Crippen LogP contribution in [0, 0.1) is 29.2 Å². The first-order valence-corrected chi connectivity index (χ1v) is 14.2. The van der Waals surface area contributed by atoms with E-state index in [1.54, 1.807) is 11.0 Å². The summed E-state index contributed by atoms with van der Waals surface area (Å²) in [5.41, 5.74) is 0.194. The van der Waals surface area contributed by atoms with Gasteiger partial charge in [-0.25, -0.2) is 31.3 Å². The number of benzene rings is 2. The van der Waals surface area contributed by atoms with E-state index in [1.165, 1.54) is 31.5 Å². The lowest BCUT2D eigenvalue weighted by atomic mass is 9.89. The minimum atomic E-state index is -3.67. The Balaban J connectivity index is 1.56. The molecule has 12 heteroatoms. The Morgan fingerprint density at radius 3 is 2.49 bits per heavy atom. The maximum Gasteiger partial charge on any atom is 0.209 e. The fourth-order valence-electron chi connectivity index (χ4n) is 5.43. The lowest BCUT2D eigenvalue weighted by Crippen LogP contribution is -2.57. The van der Waals surface area contributed by atoms with Gasteiger partial charge in [0.2, 0.25) is 15.8 Å². The first kappa shape index (κ1) is 27.4. The number of hydrogen-bond acceptors (Lipinski definition) is 6. The maximum absolute atomic E-state index is 15.8. The number of anilines is 1. The smallest absolute Gasteiger partial charge is 0.209 e. The number of ether oxygens (including phenoxy) is 2. The molecule has 1 aromatic heterocycles. The Hall–Kier alpha value is -3.22. The van der Waals surface area contributed by atoms with Crippen molar-refractivity contribution < 1.29 is 35.5 Å². The lowest BCUT2D eigenvalue weighted by molar-refractivity contribution is 0.0482. The van der Waals surface area contributed by atoms with Crippen LogP contribution in [-0.2, 0) is 21.2 Å². The molecule has 4 unspecified atom stereocenters. The molecule has 7 nitrogen and oxygen atoms in total. The van der Waals surface area contributed by atoms with E-state index in [4.69, 9.17) is 9.47 Å². The van der Waals surface area contributed by atoms with Crippen molar-refractivity contribution in [3.05, 3.63) is 77.5 Å². The quantitative estimate of drug-likeness (QED) is 0.306. The summed E-state index contributed by atoms with van der Waals surface area (Å²) in [5.74, 6) is -3.16. The number of halogens is 4. The van der Waals surface area contributed by atoms with Crippen LogP contribution < -0.4 is 14.4 Å². The molecule has 0 radical (unpaired) electrons. The topological polar surface area (TPSA) is 80.8 Å². The molecule has 0 amide bonds. The zero-order chi connectivity index (χ0) is 27.9. The largest absolute Gasteiger partial charge is 0.464 e. The number of nitrogens with zero attached hydrogens (tertiary/aromatic N) is 2. The first-order chi connectivity index (χ1) is 18.6. The average Bonchev–Trinajstić information content (AvgIpc) is 3.62. The summed E-state index contributed by atoms with van der Waals surface area (Å²) < 4.78 is 96.6. The SMILES string of the molecule is COCOc1ccnc(N2C3CC3CC(NS(C)(=O)=O)C2Cc2cccc(-c3cc(F)cc(F)c3)c2F)c1F. The number of fused-ring (bicyclic) bond motifs is 1. The van der Waals surface area contributed by atoms with Crippen LogP contribution in [0.3, 0.4) is 0 Å². The Morgan fingerprint density at radius 1 is 1.05 bits per heavy atom. The van der Waals surface area contributed by atoms with Crippen molar-refractivity contribution >= 4 is 15.8 Å². The van der Waals surface area contributed by atoms with Gasteiger partial charge in [-0.3, -0.25) is 0 Å². The summed E-state index contributed by atoms with van der Waals surface area (Å²) in [7, 11) is -2.27. The highest BCUT2D eigenvalue weighted by molar-refractivity contribution is 7.88. The zero-order valence-corrected chi connectivity index (χ0v) is 22.0. The molecule has 5 rings (SSSR count). The molecular formula is C27H27F4N3O4S. The predicted octanol–water partition coefficient (Wildman–Crippen LogP) is 4.42. The van der Waals surface area contributed by atoms with Crippen LogP contribution in [0.1, 0.15) is 18.4 Å². The molecule has 3 aromatic rings. The van der Waals surface area contributed by atoms with Gasteiger partial charge in [0, 0.05) is 43.1 Å². The number of pyridine rings is 1. The van der Waals surface area contributed by atoms with Gasteiger partial charge in [0.1, 0.15) is 17.5 Å². The van der Waals surface area contributed by atoms with E-state index in [0.29, 0.717) is 18.9 Å². The molecule has 2 aliphatic rings. The zero-order valence-electron chi connectivity index (χ0n) is 21.2. The highest BCUT2D eigenvalue weighted by Crippen LogP contribution is 2.49. The Bertz CT molecular complexity index is 1470. The lowest BCUT2D eigenvalue weighted by Gasteiger charge is -2.42. The fraction of sp³-hybridized carbons (Fsp3) is 0.370. The molecule has 0 bridgehead atoms. The van der Waals surface area contributed by atoms with Crippen LogP contribution in [-0.4, -0.2) is 51.7 Å².